The molecule has 0 bridgehead atoms. The molecule has 0 radical (unpaired) electrons. The molecule has 0 aliphatic heterocycles. The van der Waals surface area contributed by atoms with Gasteiger partial charge in [-0.2, -0.15) is 8.78 Å². The van der Waals surface area contributed by atoms with Crippen LogP contribution >= 0.6 is 0 Å². The number of imidazole rings is 1. The smallest absolute Gasteiger partial charge is 0.294 e. The average Bonchev–Trinajstić information content (AvgIpc) is 3.04. The molecule has 29 heavy (non-hydrogen) atoms. The Balaban J connectivity index is 1.76. The molecule has 8 heteroatoms. The van der Waals surface area contributed by atoms with E-state index in [-0.39, 0.29) is 17.8 Å². The molecule has 0 fully saturated rings. The maximum absolute atomic E-state index is 14.0. The van der Waals surface area contributed by atoms with Gasteiger partial charge in [-0.05, 0) is 31.2 Å². The molecule has 1 heterocycles. The molecule has 3 nitrogen and oxygen atoms in total. The Labute approximate surface area is 164 Å². The second kappa shape index (κ2) is 8.06. The number of allylic oxidation sites excluding steroid dienone is 1. The summed E-state index contributed by atoms with van der Waals surface area (Å²) in [5, 5.41) is 2.84. The van der Waals surface area contributed by atoms with Crippen LogP contribution in [0, 0.1) is 24.4 Å². The Hall–Kier alpha value is -3.16. The van der Waals surface area contributed by atoms with Crippen LogP contribution in [0.1, 0.15) is 23.5 Å². The summed E-state index contributed by atoms with van der Waals surface area (Å²) < 4.78 is 70.0. The highest BCUT2D eigenvalue weighted by Crippen LogP contribution is 2.32. The molecule has 3 aromatic rings. The van der Waals surface area contributed by atoms with Gasteiger partial charge in [0.15, 0.2) is 0 Å². The van der Waals surface area contributed by atoms with Gasteiger partial charge >= 0.3 is 0 Å². The summed E-state index contributed by atoms with van der Waals surface area (Å²) in [6.07, 6.45) is 1.90. The predicted molar refractivity (Wildman–Crippen MR) is 101 cm³/mol. The van der Waals surface area contributed by atoms with Crippen molar-refractivity contribution in [2.45, 2.75) is 25.8 Å². The Bertz CT molecular complexity index is 1000. The fourth-order valence-corrected chi connectivity index (χ4v) is 2.87. The molecule has 3 rings (SSSR count). The number of anilines is 1. The lowest BCUT2D eigenvalue weighted by Crippen LogP contribution is -2.12. The summed E-state index contributed by atoms with van der Waals surface area (Å²) in [5.41, 5.74) is 0.515. The molecule has 1 aromatic heterocycles. The minimum atomic E-state index is -3.11. The molecular weight excluding hydrogens is 389 g/mol. The van der Waals surface area contributed by atoms with Crippen LogP contribution < -0.4 is 5.32 Å². The second-order valence-electron chi connectivity index (χ2n) is 6.49. The Kier molecular flexibility index (Phi) is 5.72. The van der Waals surface area contributed by atoms with Crippen LogP contribution in [0.15, 0.2) is 55.3 Å². The van der Waals surface area contributed by atoms with E-state index in [4.69, 9.17) is 0 Å². The van der Waals surface area contributed by atoms with E-state index < -0.39 is 29.8 Å². The Morgan fingerprint density at radius 3 is 2.31 bits per heavy atom. The summed E-state index contributed by atoms with van der Waals surface area (Å²) in [5.74, 6) is -5.66. The van der Waals surface area contributed by atoms with Gasteiger partial charge in [-0.1, -0.05) is 6.08 Å². The van der Waals surface area contributed by atoms with Crippen LogP contribution in [-0.2, 0) is 12.5 Å². The van der Waals surface area contributed by atoms with Crippen molar-refractivity contribution in [3.63, 3.8) is 0 Å². The Morgan fingerprint density at radius 2 is 1.72 bits per heavy atom. The van der Waals surface area contributed by atoms with Gasteiger partial charge < -0.3 is 9.88 Å². The number of aromatic nitrogens is 2. The van der Waals surface area contributed by atoms with Gasteiger partial charge in [-0.3, -0.25) is 0 Å². The van der Waals surface area contributed by atoms with E-state index in [1.165, 1.54) is 10.8 Å². The maximum atomic E-state index is 14.0. The third-order valence-electron chi connectivity index (χ3n) is 4.38. The van der Waals surface area contributed by atoms with E-state index in [0.717, 1.165) is 6.08 Å². The van der Waals surface area contributed by atoms with Crippen molar-refractivity contribution >= 4 is 5.69 Å². The molecule has 0 spiro atoms. The van der Waals surface area contributed by atoms with E-state index in [0.29, 0.717) is 29.3 Å². The van der Waals surface area contributed by atoms with E-state index >= 15 is 0 Å². The zero-order valence-electron chi connectivity index (χ0n) is 15.5. The minimum absolute atomic E-state index is 0.181. The predicted octanol–water partition coefficient (Wildman–Crippen LogP) is 5.88. The molecule has 0 unspecified atom stereocenters. The van der Waals surface area contributed by atoms with E-state index in [9.17, 15) is 22.0 Å². The highest BCUT2D eigenvalue weighted by atomic mass is 19.3. The highest BCUT2D eigenvalue weighted by Gasteiger charge is 2.33. The van der Waals surface area contributed by atoms with Gasteiger partial charge in [0, 0.05) is 48.2 Å². The van der Waals surface area contributed by atoms with E-state index in [1.54, 1.807) is 31.2 Å². The molecule has 1 N–H and O–H groups in total. The van der Waals surface area contributed by atoms with Crippen LogP contribution in [0.5, 0.6) is 0 Å². The minimum Gasteiger partial charge on any atom is -0.381 e. The largest absolute Gasteiger partial charge is 0.381 e. The zero-order valence-corrected chi connectivity index (χ0v) is 15.5. The van der Waals surface area contributed by atoms with Crippen molar-refractivity contribution in [1.29, 1.82) is 0 Å². The Morgan fingerprint density at radius 1 is 1.10 bits per heavy atom. The van der Waals surface area contributed by atoms with Crippen molar-refractivity contribution in [1.82, 2.24) is 9.55 Å². The quantitative estimate of drug-likeness (QED) is 0.392. The van der Waals surface area contributed by atoms with Crippen LogP contribution in [0.2, 0.25) is 0 Å². The van der Waals surface area contributed by atoms with Gasteiger partial charge in [0.1, 0.15) is 29.0 Å². The lowest BCUT2D eigenvalue weighted by molar-refractivity contribution is -0.00512. The normalized spacial score (nSPS) is 11.5. The topological polar surface area (TPSA) is 29.9 Å². The maximum Gasteiger partial charge on any atom is 0.294 e. The van der Waals surface area contributed by atoms with Crippen LogP contribution in [0.4, 0.5) is 27.6 Å². The fourth-order valence-electron chi connectivity index (χ4n) is 2.87. The number of aryl methyl sites for hydroxylation is 1. The summed E-state index contributed by atoms with van der Waals surface area (Å²) in [6.45, 7) is 4.77. The van der Waals surface area contributed by atoms with Crippen LogP contribution in [0.3, 0.4) is 0 Å². The SMILES string of the molecule is C=CCC(F)(F)c1cn(-c2ccc(NCc3c(F)cc(F)cc3F)cc2)c(C)n1. The summed E-state index contributed by atoms with van der Waals surface area (Å²) >= 11 is 0. The first kappa shape index (κ1) is 20.6. The molecule has 0 aliphatic carbocycles. The lowest BCUT2D eigenvalue weighted by atomic mass is 10.2. The number of benzene rings is 2. The van der Waals surface area contributed by atoms with Crippen molar-refractivity contribution in [3.05, 3.63) is 89.8 Å². The second-order valence-corrected chi connectivity index (χ2v) is 6.49. The average molecular weight is 407 g/mol. The van der Waals surface area contributed by atoms with Crippen LogP contribution in [-0.4, -0.2) is 9.55 Å². The molecule has 152 valence electrons. The van der Waals surface area contributed by atoms with E-state index in [1.807, 2.05) is 0 Å². The van der Waals surface area contributed by atoms with Crippen molar-refractivity contribution in [2.75, 3.05) is 5.32 Å². The van der Waals surface area contributed by atoms with Gasteiger partial charge in [-0.15, -0.1) is 6.58 Å². The number of nitrogens with one attached hydrogen (secondary N) is 1. The number of nitrogens with zero attached hydrogens (tertiary/aromatic N) is 2. The number of rotatable bonds is 7. The van der Waals surface area contributed by atoms with E-state index in [2.05, 4.69) is 16.9 Å². The van der Waals surface area contributed by atoms with Crippen molar-refractivity contribution < 1.29 is 22.0 Å². The molecule has 0 saturated heterocycles. The third-order valence-corrected chi connectivity index (χ3v) is 4.38. The van der Waals surface area contributed by atoms with Crippen molar-refractivity contribution in [2.24, 2.45) is 0 Å². The molecule has 0 saturated carbocycles. The first-order valence-corrected chi connectivity index (χ1v) is 8.74. The highest BCUT2D eigenvalue weighted by molar-refractivity contribution is 5.49. The number of hydrogen-bond donors (Lipinski definition) is 1. The number of halogens is 5. The van der Waals surface area contributed by atoms with Crippen LogP contribution in [0.25, 0.3) is 5.69 Å². The van der Waals surface area contributed by atoms with Gasteiger partial charge in [0.25, 0.3) is 5.92 Å². The lowest BCUT2D eigenvalue weighted by Gasteiger charge is -2.11. The summed E-state index contributed by atoms with van der Waals surface area (Å²) in [7, 11) is 0. The molecule has 0 atom stereocenters. The fraction of sp³-hybridized carbons (Fsp3) is 0.190. The molecule has 2 aromatic carbocycles. The summed E-state index contributed by atoms with van der Waals surface area (Å²) in [6, 6.07) is 7.81. The standard InChI is InChI=1S/C21H18F5N3/c1-3-8-21(25,26)20-12-29(13(2)28-20)16-6-4-15(5-7-16)27-11-17-18(23)9-14(22)10-19(17)24/h3-7,9-10,12,27H,1,8,11H2,2H3. The third kappa shape index (κ3) is 4.47. The molecule has 0 amide bonds. The first-order valence-electron chi connectivity index (χ1n) is 8.74. The number of alkyl halides is 2. The monoisotopic (exact) mass is 407 g/mol. The zero-order chi connectivity index (χ0) is 21.2. The van der Waals surface area contributed by atoms with Crippen molar-refractivity contribution in [3.8, 4) is 5.69 Å². The summed E-state index contributed by atoms with van der Waals surface area (Å²) in [4.78, 5) is 3.94. The van der Waals surface area contributed by atoms with Gasteiger partial charge in [0.2, 0.25) is 0 Å². The number of hydrogen-bond acceptors (Lipinski definition) is 2. The first-order chi connectivity index (χ1) is 13.7. The molecule has 0 aliphatic rings. The molecular formula is C21H18F5N3. The van der Waals surface area contributed by atoms with Gasteiger partial charge in [-0.25, -0.2) is 18.2 Å². The van der Waals surface area contributed by atoms with Gasteiger partial charge in [0.05, 0.1) is 0 Å².